The van der Waals surface area contributed by atoms with E-state index in [0.717, 1.165) is 43.6 Å². The summed E-state index contributed by atoms with van der Waals surface area (Å²) in [6.07, 6.45) is 4.55. The molecule has 1 saturated heterocycles. The lowest BCUT2D eigenvalue weighted by molar-refractivity contribution is 0.0792. The lowest BCUT2D eigenvalue weighted by Crippen LogP contribution is -2.29. The van der Waals surface area contributed by atoms with Crippen LogP contribution in [0.25, 0.3) is 0 Å². The number of rotatable bonds is 6. The highest BCUT2D eigenvalue weighted by molar-refractivity contribution is 5.94. The number of amides is 1. The second-order valence-electron chi connectivity index (χ2n) is 7.80. The fourth-order valence-electron chi connectivity index (χ4n) is 4.05. The molecule has 4 heteroatoms. The maximum absolute atomic E-state index is 14.2. The van der Waals surface area contributed by atoms with Gasteiger partial charge in [-0.05, 0) is 56.4 Å². The summed E-state index contributed by atoms with van der Waals surface area (Å²) in [6, 6.07) is 15.6. The Kier molecular flexibility index (Phi) is 5.26. The Morgan fingerprint density at radius 2 is 1.78 bits per heavy atom. The predicted molar refractivity (Wildman–Crippen MR) is 105 cm³/mol. The van der Waals surface area contributed by atoms with E-state index < -0.39 is 0 Å². The molecule has 0 N–H and O–H groups in total. The molecule has 2 aliphatic rings. The average Bonchev–Trinajstić information content (AvgIpc) is 3.38. The van der Waals surface area contributed by atoms with Gasteiger partial charge in [0.2, 0.25) is 0 Å². The molecule has 1 aliphatic carbocycles. The van der Waals surface area contributed by atoms with Gasteiger partial charge in [0.15, 0.2) is 0 Å². The number of nitrogens with zero attached hydrogens (tertiary/aromatic N) is 2. The number of hydrogen-bond acceptors (Lipinski definition) is 2. The van der Waals surface area contributed by atoms with Gasteiger partial charge in [0.25, 0.3) is 5.91 Å². The van der Waals surface area contributed by atoms with Crippen LogP contribution in [0.4, 0.5) is 4.39 Å². The van der Waals surface area contributed by atoms with Crippen LogP contribution in [0.5, 0.6) is 0 Å². The highest BCUT2D eigenvalue weighted by Crippen LogP contribution is 2.36. The molecular formula is C23H27FN2O. The molecule has 0 aromatic heterocycles. The summed E-state index contributed by atoms with van der Waals surface area (Å²) in [4.78, 5) is 16.8. The molecule has 142 valence electrons. The highest BCUT2D eigenvalue weighted by Gasteiger charge is 2.33. The Morgan fingerprint density at radius 1 is 1.11 bits per heavy atom. The SMILES string of the molecule is CC(c1ccccc1F)N(Cc1ccc(C(=O)N2CCCC2)cc1)C1CC1. The van der Waals surface area contributed by atoms with Gasteiger partial charge in [-0.25, -0.2) is 4.39 Å². The monoisotopic (exact) mass is 366 g/mol. The molecule has 1 amide bonds. The van der Waals surface area contributed by atoms with E-state index in [1.807, 2.05) is 41.3 Å². The van der Waals surface area contributed by atoms with Crippen LogP contribution in [0.1, 0.15) is 60.1 Å². The molecule has 0 bridgehead atoms. The number of likely N-dealkylation sites (tertiary alicyclic amines) is 1. The lowest BCUT2D eigenvalue weighted by Gasteiger charge is -2.30. The lowest BCUT2D eigenvalue weighted by atomic mass is 10.0. The minimum Gasteiger partial charge on any atom is -0.339 e. The van der Waals surface area contributed by atoms with Crippen LogP contribution in [0.3, 0.4) is 0 Å². The summed E-state index contributed by atoms with van der Waals surface area (Å²) in [5.41, 5.74) is 2.69. The van der Waals surface area contributed by atoms with Gasteiger partial charge in [-0.2, -0.15) is 0 Å². The standard InChI is InChI=1S/C23H27FN2O/c1-17(21-6-2-3-7-22(21)24)26(20-12-13-20)16-18-8-10-19(11-9-18)23(27)25-14-4-5-15-25/h2-3,6-11,17,20H,4-5,12-16H2,1H3. The topological polar surface area (TPSA) is 23.6 Å². The van der Waals surface area contributed by atoms with Crippen LogP contribution < -0.4 is 0 Å². The van der Waals surface area contributed by atoms with E-state index in [0.29, 0.717) is 6.04 Å². The zero-order chi connectivity index (χ0) is 18.8. The van der Waals surface area contributed by atoms with Gasteiger partial charge < -0.3 is 4.90 Å². The Morgan fingerprint density at radius 3 is 2.41 bits per heavy atom. The summed E-state index contributed by atoms with van der Waals surface area (Å²) >= 11 is 0. The molecule has 1 saturated carbocycles. The second kappa shape index (κ2) is 7.81. The van der Waals surface area contributed by atoms with Gasteiger partial charge in [-0.3, -0.25) is 9.69 Å². The van der Waals surface area contributed by atoms with Gasteiger partial charge >= 0.3 is 0 Å². The third-order valence-electron chi connectivity index (χ3n) is 5.83. The van der Waals surface area contributed by atoms with Crippen molar-refractivity contribution in [3.8, 4) is 0 Å². The molecule has 27 heavy (non-hydrogen) atoms. The molecule has 3 nitrogen and oxygen atoms in total. The predicted octanol–water partition coefficient (Wildman–Crippen LogP) is 4.79. The minimum absolute atomic E-state index is 0.0320. The van der Waals surface area contributed by atoms with E-state index in [1.54, 1.807) is 6.07 Å². The Hall–Kier alpha value is -2.20. The summed E-state index contributed by atoms with van der Waals surface area (Å²) < 4.78 is 14.2. The van der Waals surface area contributed by atoms with Crippen LogP contribution in [-0.4, -0.2) is 34.8 Å². The number of carbonyl (C=O) groups is 1. The van der Waals surface area contributed by atoms with Crippen molar-refractivity contribution in [3.63, 3.8) is 0 Å². The van der Waals surface area contributed by atoms with E-state index in [1.165, 1.54) is 24.5 Å². The van der Waals surface area contributed by atoms with Crippen molar-refractivity contribution in [1.29, 1.82) is 0 Å². The fourth-order valence-corrected chi connectivity index (χ4v) is 4.05. The molecule has 1 aliphatic heterocycles. The van der Waals surface area contributed by atoms with Crippen molar-refractivity contribution in [2.75, 3.05) is 13.1 Å². The first kappa shape index (κ1) is 18.2. The third-order valence-corrected chi connectivity index (χ3v) is 5.83. The first-order valence-electron chi connectivity index (χ1n) is 10.0. The second-order valence-corrected chi connectivity index (χ2v) is 7.80. The van der Waals surface area contributed by atoms with E-state index in [4.69, 9.17) is 0 Å². The van der Waals surface area contributed by atoms with E-state index >= 15 is 0 Å². The number of carbonyl (C=O) groups excluding carboxylic acids is 1. The molecule has 2 aromatic rings. The molecule has 0 spiro atoms. The van der Waals surface area contributed by atoms with Gasteiger partial charge in [-0.1, -0.05) is 30.3 Å². The zero-order valence-corrected chi connectivity index (χ0v) is 15.9. The zero-order valence-electron chi connectivity index (χ0n) is 15.9. The highest BCUT2D eigenvalue weighted by atomic mass is 19.1. The van der Waals surface area contributed by atoms with Crippen LogP contribution in [0.2, 0.25) is 0 Å². The van der Waals surface area contributed by atoms with Crippen LogP contribution in [0, 0.1) is 5.82 Å². The molecule has 2 aromatic carbocycles. The van der Waals surface area contributed by atoms with Crippen molar-refractivity contribution >= 4 is 5.91 Å². The van der Waals surface area contributed by atoms with Gasteiger partial charge in [0.1, 0.15) is 5.82 Å². The Balaban J connectivity index is 1.47. The van der Waals surface area contributed by atoms with Gasteiger partial charge in [-0.15, -0.1) is 0 Å². The van der Waals surface area contributed by atoms with E-state index in [2.05, 4.69) is 11.8 Å². The molecule has 4 rings (SSSR count). The molecule has 1 unspecified atom stereocenters. The Bertz CT molecular complexity index is 794. The number of halogens is 1. The number of hydrogen-bond donors (Lipinski definition) is 0. The van der Waals surface area contributed by atoms with E-state index in [-0.39, 0.29) is 17.8 Å². The summed E-state index contributed by atoms with van der Waals surface area (Å²) in [5, 5.41) is 0. The Labute approximate surface area is 160 Å². The first-order valence-corrected chi connectivity index (χ1v) is 10.0. The normalized spacial score (nSPS) is 18.1. The maximum Gasteiger partial charge on any atom is 0.253 e. The quantitative estimate of drug-likeness (QED) is 0.734. The van der Waals surface area contributed by atoms with Crippen LogP contribution >= 0.6 is 0 Å². The van der Waals surface area contributed by atoms with Crippen molar-refractivity contribution in [3.05, 3.63) is 71.0 Å². The fraction of sp³-hybridized carbons (Fsp3) is 0.435. The molecule has 0 radical (unpaired) electrons. The molecule has 2 fully saturated rings. The minimum atomic E-state index is -0.137. The van der Waals surface area contributed by atoms with E-state index in [9.17, 15) is 9.18 Å². The maximum atomic E-state index is 14.2. The van der Waals surface area contributed by atoms with Gasteiger partial charge in [0.05, 0.1) is 0 Å². The summed E-state index contributed by atoms with van der Waals surface area (Å²) in [6.45, 7) is 4.60. The van der Waals surface area contributed by atoms with Crippen LogP contribution in [-0.2, 0) is 6.54 Å². The average molecular weight is 366 g/mol. The summed E-state index contributed by atoms with van der Waals surface area (Å²) in [7, 11) is 0. The first-order chi connectivity index (χ1) is 13.1. The molecular weight excluding hydrogens is 339 g/mol. The van der Waals surface area contributed by atoms with Gasteiger partial charge in [0, 0.05) is 42.8 Å². The smallest absolute Gasteiger partial charge is 0.253 e. The van der Waals surface area contributed by atoms with Crippen molar-refractivity contribution in [2.45, 2.75) is 51.2 Å². The number of benzene rings is 2. The molecule has 1 atom stereocenters. The third kappa shape index (κ3) is 4.06. The van der Waals surface area contributed by atoms with Crippen molar-refractivity contribution in [1.82, 2.24) is 9.80 Å². The van der Waals surface area contributed by atoms with Crippen molar-refractivity contribution in [2.24, 2.45) is 0 Å². The molecule has 1 heterocycles. The summed E-state index contributed by atoms with van der Waals surface area (Å²) in [5.74, 6) is 0.0000292. The van der Waals surface area contributed by atoms with Crippen molar-refractivity contribution < 1.29 is 9.18 Å². The largest absolute Gasteiger partial charge is 0.339 e. The van der Waals surface area contributed by atoms with Crippen LogP contribution in [0.15, 0.2) is 48.5 Å².